The molecule has 0 radical (unpaired) electrons. The summed E-state index contributed by atoms with van der Waals surface area (Å²) in [5.74, 6) is -1.13. The number of hydrogen-bond acceptors (Lipinski definition) is 2. The first-order chi connectivity index (χ1) is 4.22. The summed E-state index contributed by atoms with van der Waals surface area (Å²) in [5, 5.41) is 16.6. The smallest absolute Gasteiger partial charge is 0.341 e. The highest BCUT2D eigenvalue weighted by molar-refractivity contribution is 5.86. The van der Waals surface area contributed by atoms with Gasteiger partial charge in [0.25, 0.3) is 0 Å². The minimum atomic E-state index is -1.13. The highest BCUT2D eigenvalue weighted by atomic mass is 16.4. The van der Waals surface area contributed by atoms with Crippen molar-refractivity contribution in [2.45, 2.75) is 6.92 Å². The van der Waals surface area contributed by atoms with E-state index in [1.54, 1.807) is 6.92 Å². The molecule has 2 N–H and O–H groups in total. The van der Waals surface area contributed by atoms with Gasteiger partial charge in [-0.05, 0) is 13.0 Å². The zero-order valence-electron chi connectivity index (χ0n) is 5.09. The molecule has 0 rings (SSSR count). The van der Waals surface area contributed by atoms with Gasteiger partial charge in [-0.3, -0.25) is 0 Å². The van der Waals surface area contributed by atoms with Crippen molar-refractivity contribution in [2.24, 2.45) is 0 Å². The summed E-state index contributed by atoms with van der Waals surface area (Å²) in [4.78, 5) is 10.0. The lowest BCUT2D eigenvalue weighted by Gasteiger charge is -1.87. The van der Waals surface area contributed by atoms with E-state index >= 15 is 0 Å². The van der Waals surface area contributed by atoms with Crippen molar-refractivity contribution in [3.8, 4) is 0 Å². The molecule has 0 saturated carbocycles. The third kappa shape index (κ3) is 2.69. The summed E-state index contributed by atoms with van der Waals surface area (Å²) in [6.45, 7) is 1.16. The molecule has 0 atom stereocenters. The summed E-state index contributed by atoms with van der Waals surface area (Å²) >= 11 is 0. The number of aliphatic hydroxyl groups excluding tert-OH is 1. The van der Waals surface area contributed by atoms with Crippen LogP contribution in [0.4, 0.5) is 0 Å². The largest absolute Gasteiger partial charge is 0.477 e. The first-order valence-electron chi connectivity index (χ1n) is 2.46. The van der Waals surface area contributed by atoms with E-state index in [1.807, 2.05) is 0 Å². The molecule has 3 heteroatoms. The minimum absolute atomic E-state index is 0.113. The van der Waals surface area contributed by atoms with E-state index in [9.17, 15) is 4.79 Å². The lowest BCUT2D eigenvalue weighted by atomic mass is 10.3. The predicted molar refractivity (Wildman–Crippen MR) is 32.0 cm³/mol. The Labute approximate surface area is 52.9 Å². The molecule has 0 spiro atoms. The van der Waals surface area contributed by atoms with Gasteiger partial charge >= 0.3 is 5.97 Å². The van der Waals surface area contributed by atoms with Crippen LogP contribution < -0.4 is 0 Å². The van der Waals surface area contributed by atoms with Gasteiger partial charge in [0.1, 0.15) is 5.57 Å². The molecule has 0 aromatic rings. The van der Waals surface area contributed by atoms with Crippen LogP contribution in [0.2, 0.25) is 0 Å². The number of hydrogen-bond donors (Lipinski definition) is 2. The maximum atomic E-state index is 10.0. The highest BCUT2D eigenvalue weighted by Gasteiger charge is 2.01. The Morgan fingerprint density at radius 1 is 1.78 bits per heavy atom. The second-order valence-corrected chi connectivity index (χ2v) is 1.37. The molecule has 50 valence electrons. The Kier molecular flexibility index (Phi) is 3.44. The van der Waals surface area contributed by atoms with Crippen molar-refractivity contribution >= 4 is 5.97 Å². The lowest BCUT2D eigenvalue weighted by Crippen LogP contribution is -2.02. The summed E-state index contributed by atoms with van der Waals surface area (Å²) in [5.41, 5.74) is 2.26. The van der Waals surface area contributed by atoms with Crippen LogP contribution in [0.15, 0.2) is 17.4 Å². The first kappa shape index (κ1) is 7.95. The van der Waals surface area contributed by atoms with Crippen LogP contribution in [0.3, 0.4) is 0 Å². The van der Waals surface area contributed by atoms with Crippen molar-refractivity contribution < 1.29 is 15.0 Å². The topological polar surface area (TPSA) is 57.5 Å². The average molecular weight is 128 g/mol. The third-order valence-corrected chi connectivity index (χ3v) is 0.735. The Hall–Kier alpha value is -1.05. The molecule has 3 nitrogen and oxygen atoms in total. The van der Waals surface area contributed by atoms with Crippen LogP contribution in [0.25, 0.3) is 0 Å². The van der Waals surface area contributed by atoms with E-state index < -0.39 is 12.6 Å². The fourth-order valence-corrected chi connectivity index (χ4v) is 0.349. The molecule has 0 bridgehead atoms. The van der Waals surface area contributed by atoms with E-state index in [0.717, 1.165) is 0 Å². The molecular formula is C6H8O3. The summed E-state index contributed by atoms with van der Waals surface area (Å²) in [7, 11) is 0. The maximum Gasteiger partial charge on any atom is 0.341 e. The summed E-state index contributed by atoms with van der Waals surface area (Å²) < 4.78 is 0. The van der Waals surface area contributed by atoms with Gasteiger partial charge in [-0.15, -0.1) is 5.73 Å². The van der Waals surface area contributed by atoms with Crippen LogP contribution in [-0.2, 0) is 4.79 Å². The Morgan fingerprint density at radius 3 is 2.44 bits per heavy atom. The van der Waals surface area contributed by atoms with Crippen LogP contribution in [-0.4, -0.2) is 22.8 Å². The van der Waals surface area contributed by atoms with Crippen molar-refractivity contribution in [1.82, 2.24) is 0 Å². The molecule has 0 amide bonds. The number of aliphatic hydroxyl groups is 1. The molecule has 0 unspecified atom stereocenters. The quantitative estimate of drug-likeness (QED) is 0.411. The fourth-order valence-electron chi connectivity index (χ4n) is 0.349. The predicted octanol–water partition coefficient (Wildman–Crippen LogP) is 0.165. The third-order valence-electron chi connectivity index (χ3n) is 0.735. The summed E-state index contributed by atoms with van der Waals surface area (Å²) in [6.07, 6.45) is 1.44. The van der Waals surface area contributed by atoms with Gasteiger partial charge in [-0.25, -0.2) is 4.79 Å². The number of rotatable bonds is 2. The van der Waals surface area contributed by atoms with E-state index in [0.29, 0.717) is 0 Å². The van der Waals surface area contributed by atoms with Gasteiger partial charge in [0.05, 0.1) is 6.61 Å². The number of aliphatic carboxylic acids is 1. The van der Waals surface area contributed by atoms with Crippen molar-refractivity contribution in [3.05, 3.63) is 17.4 Å². The van der Waals surface area contributed by atoms with Gasteiger partial charge in [0.15, 0.2) is 0 Å². The SMILES string of the molecule is CC=C=C(CO)C(=O)O. The maximum absolute atomic E-state index is 10.0. The molecule has 0 aliphatic rings. The molecule has 9 heavy (non-hydrogen) atoms. The van der Waals surface area contributed by atoms with Crippen LogP contribution in [0.5, 0.6) is 0 Å². The Balaban J connectivity index is 4.35. The van der Waals surface area contributed by atoms with Gasteiger partial charge in [-0.1, -0.05) is 0 Å². The van der Waals surface area contributed by atoms with E-state index in [1.165, 1.54) is 6.08 Å². The fraction of sp³-hybridized carbons (Fsp3) is 0.333. The Morgan fingerprint density at radius 2 is 2.33 bits per heavy atom. The van der Waals surface area contributed by atoms with E-state index in [4.69, 9.17) is 10.2 Å². The van der Waals surface area contributed by atoms with Gasteiger partial charge in [0, 0.05) is 0 Å². The van der Waals surface area contributed by atoms with Crippen LogP contribution >= 0.6 is 0 Å². The number of carboxylic acid groups (broad SMARTS) is 1. The highest BCUT2D eigenvalue weighted by Crippen LogP contribution is 1.87. The molecule has 0 heterocycles. The molecule has 0 fully saturated rings. The molecule has 0 aliphatic carbocycles. The Bertz CT molecular complexity index is 163. The molecule has 0 aromatic heterocycles. The van der Waals surface area contributed by atoms with E-state index in [2.05, 4.69) is 5.73 Å². The number of carbonyl (C=O) groups is 1. The summed E-state index contributed by atoms with van der Waals surface area (Å²) in [6, 6.07) is 0. The average Bonchev–Trinajstić information content (AvgIpc) is 1.82. The van der Waals surface area contributed by atoms with Gasteiger partial charge < -0.3 is 10.2 Å². The molecular weight excluding hydrogens is 120 g/mol. The monoisotopic (exact) mass is 128 g/mol. The second kappa shape index (κ2) is 3.89. The van der Waals surface area contributed by atoms with E-state index in [-0.39, 0.29) is 5.57 Å². The van der Waals surface area contributed by atoms with Crippen LogP contribution in [0, 0.1) is 0 Å². The zero-order chi connectivity index (χ0) is 7.28. The molecule has 0 aromatic carbocycles. The normalized spacial score (nSPS) is 7.78. The van der Waals surface area contributed by atoms with Crippen molar-refractivity contribution in [3.63, 3.8) is 0 Å². The molecule has 0 aliphatic heterocycles. The van der Waals surface area contributed by atoms with Crippen LogP contribution in [0.1, 0.15) is 6.92 Å². The van der Waals surface area contributed by atoms with Gasteiger partial charge in [-0.2, -0.15) is 0 Å². The standard InChI is InChI=1S/C6H8O3/c1-2-3-5(4-7)6(8)9/h2,7H,4H2,1H3,(H,8,9). The van der Waals surface area contributed by atoms with Crippen molar-refractivity contribution in [1.29, 1.82) is 0 Å². The second-order valence-electron chi connectivity index (χ2n) is 1.37. The minimum Gasteiger partial charge on any atom is -0.477 e. The lowest BCUT2D eigenvalue weighted by molar-refractivity contribution is -0.133. The first-order valence-corrected chi connectivity index (χ1v) is 2.46. The molecule has 0 saturated heterocycles. The van der Waals surface area contributed by atoms with Crippen molar-refractivity contribution in [2.75, 3.05) is 6.61 Å². The number of carboxylic acids is 1. The zero-order valence-corrected chi connectivity index (χ0v) is 5.09. The van der Waals surface area contributed by atoms with Gasteiger partial charge in [0.2, 0.25) is 0 Å².